The van der Waals surface area contributed by atoms with E-state index in [0.29, 0.717) is 5.82 Å². The van der Waals surface area contributed by atoms with Gasteiger partial charge in [-0.25, -0.2) is 0 Å². The van der Waals surface area contributed by atoms with Crippen molar-refractivity contribution in [3.05, 3.63) is 47.5 Å². The van der Waals surface area contributed by atoms with Crippen molar-refractivity contribution in [2.75, 3.05) is 7.05 Å². The number of carbonyl (C=O) groups is 4. The van der Waals surface area contributed by atoms with Gasteiger partial charge in [0.05, 0.1) is 6.54 Å². The number of rotatable bonds is 5. The quantitative estimate of drug-likeness (QED) is 0.697. The lowest BCUT2D eigenvalue weighted by Crippen LogP contribution is -2.55. The Hall–Kier alpha value is -3.82. The standard InChI is InChI=1S/C20H19N5O5.C2H6/c1-11-16(20(29)25(19(11)28)13-8-9-14(26)21-18(13)27)24(2)10-15-22-17(23-30-15)12-6-4-3-5-7-12;1-2/h3-7,13H,8-10H2,1-2H3,(H,21,26,27);1-2H3. The molecule has 3 heterocycles. The average molecular weight is 439 g/mol. The topological polar surface area (TPSA) is 126 Å². The molecule has 168 valence electrons. The molecule has 1 atom stereocenters. The summed E-state index contributed by atoms with van der Waals surface area (Å²) < 4.78 is 5.28. The summed E-state index contributed by atoms with van der Waals surface area (Å²) in [5, 5.41) is 6.12. The number of piperidine rings is 1. The van der Waals surface area contributed by atoms with Gasteiger partial charge in [0.15, 0.2) is 0 Å². The van der Waals surface area contributed by atoms with E-state index in [9.17, 15) is 19.2 Å². The number of amides is 4. The number of aromatic nitrogens is 2. The lowest BCUT2D eigenvalue weighted by molar-refractivity contribution is -0.150. The van der Waals surface area contributed by atoms with Gasteiger partial charge in [0, 0.05) is 24.6 Å². The van der Waals surface area contributed by atoms with Gasteiger partial charge in [-0.2, -0.15) is 4.98 Å². The van der Waals surface area contributed by atoms with Crippen LogP contribution < -0.4 is 5.32 Å². The third-order valence-electron chi connectivity index (χ3n) is 5.09. The first-order valence-corrected chi connectivity index (χ1v) is 10.4. The Morgan fingerprint density at radius 1 is 1.12 bits per heavy atom. The van der Waals surface area contributed by atoms with E-state index >= 15 is 0 Å². The third-order valence-corrected chi connectivity index (χ3v) is 5.09. The summed E-state index contributed by atoms with van der Waals surface area (Å²) in [5.41, 5.74) is 1.17. The number of benzene rings is 1. The van der Waals surface area contributed by atoms with Gasteiger partial charge in [0.25, 0.3) is 11.8 Å². The zero-order valence-corrected chi connectivity index (χ0v) is 18.4. The maximum absolute atomic E-state index is 13.0. The second kappa shape index (κ2) is 9.54. The molecule has 10 nitrogen and oxygen atoms in total. The van der Waals surface area contributed by atoms with E-state index < -0.39 is 29.7 Å². The molecule has 2 aliphatic rings. The molecule has 0 spiro atoms. The van der Waals surface area contributed by atoms with E-state index in [1.807, 2.05) is 44.2 Å². The Kier molecular flexibility index (Phi) is 6.82. The molecular weight excluding hydrogens is 414 g/mol. The van der Waals surface area contributed by atoms with Gasteiger partial charge < -0.3 is 9.42 Å². The molecule has 4 rings (SSSR count). The highest BCUT2D eigenvalue weighted by Gasteiger charge is 2.45. The van der Waals surface area contributed by atoms with Crippen LogP contribution >= 0.6 is 0 Å². The van der Waals surface area contributed by atoms with Gasteiger partial charge in [-0.05, 0) is 13.3 Å². The van der Waals surface area contributed by atoms with Crippen LogP contribution in [-0.4, -0.2) is 56.7 Å². The third kappa shape index (κ3) is 4.29. The van der Waals surface area contributed by atoms with Crippen LogP contribution in [0.5, 0.6) is 0 Å². The second-order valence-electron chi connectivity index (χ2n) is 7.15. The molecule has 32 heavy (non-hydrogen) atoms. The Bertz CT molecular complexity index is 1080. The summed E-state index contributed by atoms with van der Waals surface area (Å²) in [6, 6.07) is 8.29. The fourth-order valence-corrected chi connectivity index (χ4v) is 3.62. The number of carbonyl (C=O) groups excluding carboxylic acids is 4. The molecule has 1 fully saturated rings. The zero-order chi connectivity index (χ0) is 23.4. The van der Waals surface area contributed by atoms with Crippen LogP contribution in [0.15, 0.2) is 46.1 Å². The summed E-state index contributed by atoms with van der Waals surface area (Å²) in [6.07, 6.45) is 0.179. The summed E-state index contributed by atoms with van der Waals surface area (Å²) in [7, 11) is 1.63. The summed E-state index contributed by atoms with van der Waals surface area (Å²) in [6.45, 7) is 5.63. The average Bonchev–Trinajstić information content (AvgIpc) is 3.33. The Morgan fingerprint density at radius 3 is 2.47 bits per heavy atom. The predicted molar refractivity (Wildman–Crippen MR) is 113 cm³/mol. The highest BCUT2D eigenvalue weighted by atomic mass is 16.5. The minimum atomic E-state index is -1.00. The molecule has 1 N–H and O–H groups in total. The minimum Gasteiger partial charge on any atom is -0.360 e. The smallest absolute Gasteiger partial charge is 0.278 e. The normalized spacial score (nSPS) is 18.5. The second-order valence-corrected chi connectivity index (χ2v) is 7.15. The number of nitrogens with one attached hydrogen (secondary N) is 1. The lowest BCUT2D eigenvalue weighted by Gasteiger charge is -2.29. The predicted octanol–water partition coefficient (Wildman–Crippen LogP) is 1.64. The fraction of sp³-hybridized carbons (Fsp3) is 0.364. The van der Waals surface area contributed by atoms with E-state index in [2.05, 4.69) is 15.5 Å². The van der Waals surface area contributed by atoms with Gasteiger partial charge in [-0.1, -0.05) is 49.3 Å². The molecule has 1 unspecified atom stereocenters. The van der Waals surface area contributed by atoms with Gasteiger partial charge >= 0.3 is 0 Å². The first kappa shape index (κ1) is 22.9. The van der Waals surface area contributed by atoms with Crippen LogP contribution in [0.3, 0.4) is 0 Å². The van der Waals surface area contributed by atoms with Crippen molar-refractivity contribution in [3.63, 3.8) is 0 Å². The van der Waals surface area contributed by atoms with Gasteiger partial charge in [-0.15, -0.1) is 0 Å². The Balaban J connectivity index is 0.00000141. The molecule has 1 saturated heterocycles. The molecular formula is C22H25N5O5. The SMILES string of the molecule is CC.CC1=C(N(C)Cc2nc(-c3ccccc3)no2)C(=O)N(C2CCC(=O)NC2=O)C1=O. The monoisotopic (exact) mass is 439 g/mol. The van der Waals surface area contributed by atoms with Gasteiger partial charge in [0.1, 0.15) is 11.7 Å². The summed E-state index contributed by atoms with van der Waals surface area (Å²) in [4.78, 5) is 56.0. The van der Waals surface area contributed by atoms with Crippen molar-refractivity contribution in [3.8, 4) is 11.4 Å². The first-order chi connectivity index (χ1) is 15.4. The molecule has 1 aromatic heterocycles. The number of nitrogens with zero attached hydrogens (tertiary/aromatic N) is 4. The molecule has 2 aliphatic heterocycles. The number of hydrogen-bond donors (Lipinski definition) is 1. The van der Waals surface area contributed by atoms with E-state index in [1.165, 1.54) is 6.92 Å². The molecule has 0 radical (unpaired) electrons. The van der Waals surface area contributed by atoms with E-state index in [-0.39, 0.29) is 36.5 Å². The van der Waals surface area contributed by atoms with Crippen LogP contribution in [0, 0.1) is 0 Å². The molecule has 0 saturated carbocycles. The maximum atomic E-state index is 13.0. The van der Waals surface area contributed by atoms with Crippen LogP contribution in [0.2, 0.25) is 0 Å². The first-order valence-electron chi connectivity index (χ1n) is 10.4. The zero-order valence-electron chi connectivity index (χ0n) is 18.4. The van der Waals surface area contributed by atoms with Crippen LogP contribution in [-0.2, 0) is 25.7 Å². The number of likely N-dealkylation sites (N-methyl/N-ethyl adjacent to an activating group) is 1. The van der Waals surface area contributed by atoms with E-state index in [1.54, 1.807) is 11.9 Å². The molecule has 2 aromatic rings. The van der Waals surface area contributed by atoms with Crippen LogP contribution in [0.4, 0.5) is 0 Å². The number of imide groups is 2. The fourth-order valence-electron chi connectivity index (χ4n) is 3.62. The van der Waals surface area contributed by atoms with Crippen LogP contribution in [0.1, 0.15) is 39.5 Å². The maximum Gasteiger partial charge on any atom is 0.278 e. The van der Waals surface area contributed by atoms with E-state index in [0.717, 1.165) is 10.5 Å². The van der Waals surface area contributed by atoms with Crippen molar-refractivity contribution >= 4 is 23.6 Å². The minimum absolute atomic E-state index is 0.0714. The number of hydrogen-bond acceptors (Lipinski definition) is 8. The van der Waals surface area contributed by atoms with Crippen molar-refractivity contribution in [2.45, 2.75) is 46.2 Å². The van der Waals surface area contributed by atoms with Crippen molar-refractivity contribution in [2.24, 2.45) is 0 Å². The van der Waals surface area contributed by atoms with Gasteiger partial charge in [0.2, 0.25) is 23.5 Å². The van der Waals surface area contributed by atoms with Crippen molar-refractivity contribution in [1.82, 2.24) is 25.3 Å². The lowest BCUT2D eigenvalue weighted by atomic mass is 10.0. The molecule has 0 bridgehead atoms. The molecule has 4 amide bonds. The summed E-state index contributed by atoms with van der Waals surface area (Å²) >= 11 is 0. The Morgan fingerprint density at radius 2 is 1.81 bits per heavy atom. The summed E-state index contributed by atoms with van der Waals surface area (Å²) in [5.74, 6) is -1.50. The highest BCUT2D eigenvalue weighted by Crippen LogP contribution is 2.28. The largest absolute Gasteiger partial charge is 0.360 e. The Labute approximate surface area is 185 Å². The highest BCUT2D eigenvalue weighted by molar-refractivity contribution is 6.21. The molecule has 10 heteroatoms. The van der Waals surface area contributed by atoms with Crippen LogP contribution in [0.25, 0.3) is 11.4 Å². The van der Waals surface area contributed by atoms with Crippen molar-refractivity contribution < 1.29 is 23.7 Å². The van der Waals surface area contributed by atoms with Crippen molar-refractivity contribution in [1.29, 1.82) is 0 Å². The molecule has 1 aromatic carbocycles. The molecule has 0 aliphatic carbocycles. The van der Waals surface area contributed by atoms with Gasteiger partial charge in [-0.3, -0.25) is 29.4 Å². The van der Waals surface area contributed by atoms with E-state index in [4.69, 9.17) is 4.52 Å².